The van der Waals surface area contributed by atoms with Crippen LogP contribution in [0.2, 0.25) is 0 Å². The summed E-state index contributed by atoms with van der Waals surface area (Å²) in [6, 6.07) is 4.72. The van der Waals surface area contributed by atoms with Crippen molar-refractivity contribution < 1.29 is 9.13 Å². The maximum Gasteiger partial charge on any atom is 0.145 e. The van der Waals surface area contributed by atoms with Gasteiger partial charge >= 0.3 is 0 Å². The lowest BCUT2D eigenvalue weighted by atomic mass is 10.2. The smallest absolute Gasteiger partial charge is 0.145 e. The number of benzene rings is 1. The van der Waals surface area contributed by atoms with Crippen LogP contribution in [-0.2, 0) is 0 Å². The van der Waals surface area contributed by atoms with E-state index in [0.717, 1.165) is 30.5 Å². The largest absolute Gasteiger partial charge is 0.489 e. The fourth-order valence-electron chi connectivity index (χ4n) is 1.73. The number of fused-ring (bicyclic) bond motifs is 1. The average molecular weight is 274 g/mol. The minimum Gasteiger partial charge on any atom is -0.489 e. The van der Waals surface area contributed by atoms with Gasteiger partial charge in [0.1, 0.15) is 18.2 Å². The zero-order valence-corrected chi connectivity index (χ0v) is 9.96. The van der Waals surface area contributed by atoms with Crippen LogP contribution in [0.1, 0.15) is 6.42 Å². The first-order valence-corrected chi connectivity index (χ1v) is 6.16. The normalized spacial score (nSPS) is 14.7. The van der Waals surface area contributed by atoms with Gasteiger partial charge in [0.2, 0.25) is 0 Å². The van der Waals surface area contributed by atoms with Crippen molar-refractivity contribution in [1.29, 1.82) is 0 Å². The number of alkyl halides is 1. The third kappa shape index (κ3) is 2.43. The first kappa shape index (κ1) is 10.7. The van der Waals surface area contributed by atoms with Crippen LogP contribution in [-0.4, -0.2) is 25.0 Å². The van der Waals surface area contributed by atoms with Crippen molar-refractivity contribution in [2.24, 2.45) is 0 Å². The molecule has 2 rings (SSSR count). The van der Waals surface area contributed by atoms with E-state index >= 15 is 0 Å². The van der Waals surface area contributed by atoms with Gasteiger partial charge in [-0.1, -0.05) is 15.9 Å². The fraction of sp³-hybridized carbons (Fsp3) is 0.455. The van der Waals surface area contributed by atoms with E-state index in [1.165, 1.54) is 12.1 Å². The third-order valence-corrected chi connectivity index (χ3v) is 3.00. The van der Waals surface area contributed by atoms with Gasteiger partial charge in [0.05, 0.1) is 12.2 Å². The van der Waals surface area contributed by atoms with Gasteiger partial charge in [0.25, 0.3) is 0 Å². The molecule has 82 valence electrons. The van der Waals surface area contributed by atoms with E-state index in [1.54, 1.807) is 6.07 Å². The van der Waals surface area contributed by atoms with Crippen LogP contribution in [0.4, 0.5) is 10.1 Å². The topological polar surface area (TPSA) is 12.5 Å². The minimum absolute atomic E-state index is 0.240. The Labute approximate surface area is 97.2 Å². The molecule has 0 aliphatic carbocycles. The molecule has 1 aromatic rings. The summed E-state index contributed by atoms with van der Waals surface area (Å²) in [6.45, 7) is 2.50. The monoisotopic (exact) mass is 273 g/mol. The van der Waals surface area contributed by atoms with E-state index < -0.39 is 0 Å². The second kappa shape index (κ2) is 4.84. The van der Waals surface area contributed by atoms with Crippen molar-refractivity contribution >= 4 is 21.6 Å². The van der Waals surface area contributed by atoms with Gasteiger partial charge in [-0.3, -0.25) is 0 Å². The molecule has 0 N–H and O–H groups in total. The molecule has 0 amide bonds. The van der Waals surface area contributed by atoms with Gasteiger partial charge in [-0.2, -0.15) is 0 Å². The quantitative estimate of drug-likeness (QED) is 0.786. The molecule has 15 heavy (non-hydrogen) atoms. The molecular formula is C11H13BrFNO. The molecule has 4 heteroatoms. The lowest BCUT2D eigenvalue weighted by Crippen LogP contribution is -2.33. The maximum atomic E-state index is 13.0. The van der Waals surface area contributed by atoms with E-state index in [2.05, 4.69) is 20.8 Å². The summed E-state index contributed by atoms with van der Waals surface area (Å²) in [5.41, 5.74) is 1.00. The van der Waals surface area contributed by atoms with Crippen LogP contribution < -0.4 is 9.64 Å². The summed E-state index contributed by atoms with van der Waals surface area (Å²) in [5, 5.41) is 0.987. The highest BCUT2D eigenvalue weighted by Crippen LogP contribution is 2.31. The zero-order chi connectivity index (χ0) is 10.7. The Hall–Kier alpha value is -0.770. The summed E-state index contributed by atoms with van der Waals surface area (Å²) < 4.78 is 18.4. The van der Waals surface area contributed by atoms with Gasteiger partial charge in [0, 0.05) is 17.9 Å². The molecule has 0 bridgehead atoms. The van der Waals surface area contributed by atoms with E-state index in [1.807, 2.05) is 0 Å². The summed E-state index contributed by atoms with van der Waals surface area (Å²) in [7, 11) is 0. The number of hydrogen-bond donors (Lipinski definition) is 0. The second-order valence-electron chi connectivity index (χ2n) is 3.49. The number of nitrogens with zero attached hydrogens (tertiary/aromatic N) is 1. The average Bonchev–Trinajstić information content (AvgIpc) is 2.25. The highest BCUT2D eigenvalue weighted by atomic mass is 79.9. The van der Waals surface area contributed by atoms with Crippen molar-refractivity contribution in [2.45, 2.75) is 6.42 Å². The Morgan fingerprint density at radius 1 is 1.47 bits per heavy atom. The number of ether oxygens (including phenoxy) is 1. The molecule has 2 nitrogen and oxygen atoms in total. The molecule has 1 aliphatic rings. The van der Waals surface area contributed by atoms with Crippen molar-refractivity contribution in [3.8, 4) is 5.75 Å². The van der Waals surface area contributed by atoms with Crippen LogP contribution in [0.15, 0.2) is 18.2 Å². The van der Waals surface area contributed by atoms with Gasteiger partial charge in [-0.25, -0.2) is 4.39 Å². The Bertz CT molecular complexity index is 345. The maximum absolute atomic E-state index is 13.0. The predicted octanol–water partition coefficient (Wildman–Crippen LogP) is 2.81. The molecule has 0 saturated heterocycles. The molecular weight excluding hydrogens is 261 g/mol. The third-order valence-electron chi connectivity index (χ3n) is 2.44. The van der Waals surface area contributed by atoms with Crippen molar-refractivity contribution in [2.75, 3.05) is 29.9 Å². The number of anilines is 1. The Morgan fingerprint density at radius 2 is 2.33 bits per heavy atom. The van der Waals surface area contributed by atoms with Gasteiger partial charge in [0.15, 0.2) is 0 Å². The highest BCUT2D eigenvalue weighted by molar-refractivity contribution is 9.09. The highest BCUT2D eigenvalue weighted by Gasteiger charge is 2.17. The molecule has 0 unspecified atom stereocenters. The number of rotatable bonds is 3. The Kier molecular flexibility index (Phi) is 3.46. The van der Waals surface area contributed by atoms with E-state index in [4.69, 9.17) is 4.74 Å². The fourth-order valence-corrected chi connectivity index (χ4v) is 1.98. The first-order valence-electron chi connectivity index (χ1n) is 5.04. The second-order valence-corrected chi connectivity index (χ2v) is 4.28. The molecule has 0 spiro atoms. The van der Waals surface area contributed by atoms with Crippen LogP contribution in [0.3, 0.4) is 0 Å². The van der Waals surface area contributed by atoms with Gasteiger partial charge < -0.3 is 9.64 Å². The number of hydrogen-bond acceptors (Lipinski definition) is 2. The summed E-state index contributed by atoms with van der Waals surface area (Å²) in [4.78, 5) is 2.24. The first-order chi connectivity index (χ1) is 7.31. The Balaban J connectivity index is 2.18. The molecule has 0 fully saturated rings. The standard InChI is InChI=1S/C11H13BrFNO/c12-4-1-5-14-6-7-15-11-8-9(13)2-3-10(11)14/h2-3,8H,1,4-7H2. The van der Waals surface area contributed by atoms with Crippen LogP contribution >= 0.6 is 15.9 Å². The van der Waals surface area contributed by atoms with Crippen LogP contribution in [0.5, 0.6) is 5.75 Å². The van der Waals surface area contributed by atoms with Gasteiger partial charge in [-0.05, 0) is 18.6 Å². The molecule has 1 heterocycles. The zero-order valence-electron chi connectivity index (χ0n) is 8.38. The van der Waals surface area contributed by atoms with E-state index in [0.29, 0.717) is 12.4 Å². The lowest BCUT2D eigenvalue weighted by Gasteiger charge is -2.31. The van der Waals surface area contributed by atoms with Crippen molar-refractivity contribution in [1.82, 2.24) is 0 Å². The number of halogens is 2. The van der Waals surface area contributed by atoms with Crippen LogP contribution in [0, 0.1) is 5.82 Å². The molecule has 0 atom stereocenters. The van der Waals surface area contributed by atoms with Gasteiger partial charge in [-0.15, -0.1) is 0 Å². The van der Waals surface area contributed by atoms with E-state index in [-0.39, 0.29) is 5.82 Å². The van der Waals surface area contributed by atoms with Crippen molar-refractivity contribution in [3.63, 3.8) is 0 Å². The SMILES string of the molecule is Fc1ccc2c(c1)OCCN2CCCBr. The molecule has 0 saturated carbocycles. The molecule has 1 aromatic carbocycles. The molecule has 0 aromatic heterocycles. The minimum atomic E-state index is -0.240. The molecule has 0 radical (unpaired) electrons. The van der Waals surface area contributed by atoms with E-state index in [9.17, 15) is 4.39 Å². The molecule has 1 aliphatic heterocycles. The predicted molar refractivity (Wildman–Crippen MR) is 62.5 cm³/mol. The van der Waals surface area contributed by atoms with Crippen molar-refractivity contribution in [3.05, 3.63) is 24.0 Å². The lowest BCUT2D eigenvalue weighted by molar-refractivity contribution is 0.306. The van der Waals surface area contributed by atoms with Crippen LogP contribution in [0.25, 0.3) is 0 Å². The Morgan fingerprint density at radius 3 is 3.13 bits per heavy atom. The summed E-state index contributed by atoms with van der Waals surface area (Å²) in [5.74, 6) is 0.423. The summed E-state index contributed by atoms with van der Waals surface area (Å²) >= 11 is 3.41. The summed E-state index contributed by atoms with van der Waals surface area (Å²) in [6.07, 6.45) is 1.08.